The number of rotatable bonds is 3. The fraction of sp³-hybridized carbons (Fsp3) is 0.667. The van der Waals surface area contributed by atoms with Crippen molar-refractivity contribution in [3.8, 4) is 0 Å². The Balaban J connectivity index is 2.55. The Morgan fingerprint density at radius 2 is 2.06 bits per heavy atom. The van der Waals surface area contributed by atoms with E-state index in [1.807, 2.05) is 0 Å². The van der Waals surface area contributed by atoms with Crippen LogP contribution >= 0.6 is 0 Å². The van der Waals surface area contributed by atoms with Gasteiger partial charge in [-0.3, -0.25) is 4.79 Å². The van der Waals surface area contributed by atoms with Crippen LogP contribution in [0.5, 0.6) is 0 Å². The third-order valence-electron chi connectivity index (χ3n) is 2.50. The molecule has 1 rings (SSSR count). The van der Waals surface area contributed by atoms with Crippen molar-refractivity contribution in [1.82, 2.24) is 15.5 Å². The maximum absolute atomic E-state index is 11.6. The number of carbonyl (C=O) groups is 3. The van der Waals surface area contributed by atoms with Crippen LogP contribution in [0.15, 0.2) is 0 Å². The molecule has 0 aliphatic carbocycles. The van der Waals surface area contributed by atoms with Gasteiger partial charge in [0.25, 0.3) is 0 Å². The standard InChI is InChI=1S/C9H15N3O5/c1-10-7(14)3-11-9(17)12-4-5(13)2-6(12)8(15)16/h5-6,13H,2-4H2,1H3,(H,10,14)(H,11,17)(H,15,16)/t5?,6-/m0/s1. The van der Waals surface area contributed by atoms with E-state index in [1.54, 1.807) is 0 Å². The lowest BCUT2D eigenvalue weighted by atomic mass is 10.2. The summed E-state index contributed by atoms with van der Waals surface area (Å²) in [6.45, 7) is -0.273. The number of carboxylic acids is 1. The zero-order valence-corrected chi connectivity index (χ0v) is 9.34. The molecule has 1 unspecified atom stereocenters. The quantitative estimate of drug-likeness (QED) is 0.457. The van der Waals surface area contributed by atoms with Crippen molar-refractivity contribution >= 4 is 17.9 Å². The molecule has 0 aromatic carbocycles. The second kappa shape index (κ2) is 5.48. The smallest absolute Gasteiger partial charge is 0.326 e. The van der Waals surface area contributed by atoms with Crippen molar-refractivity contribution in [3.05, 3.63) is 0 Å². The van der Waals surface area contributed by atoms with E-state index in [0.29, 0.717) is 0 Å². The molecular formula is C9H15N3O5. The van der Waals surface area contributed by atoms with Crippen LogP contribution in [-0.2, 0) is 9.59 Å². The van der Waals surface area contributed by atoms with Crippen molar-refractivity contribution in [3.63, 3.8) is 0 Å². The first-order valence-corrected chi connectivity index (χ1v) is 5.11. The fourth-order valence-corrected chi connectivity index (χ4v) is 1.62. The van der Waals surface area contributed by atoms with Crippen molar-refractivity contribution in [1.29, 1.82) is 0 Å². The molecule has 1 heterocycles. The van der Waals surface area contributed by atoms with Crippen molar-refractivity contribution < 1.29 is 24.6 Å². The number of aliphatic carboxylic acids is 1. The van der Waals surface area contributed by atoms with Crippen LogP contribution < -0.4 is 10.6 Å². The van der Waals surface area contributed by atoms with E-state index in [2.05, 4.69) is 10.6 Å². The molecule has 1 aliphatic rings. The number of nitrogens with zero attached hydrogens (tertiary/aromatic N) is 1. The molecule has 8 nitrogen and oxygen atoms in total. The summed E-state index contributed by atoms with van der Waals surface area (Å²) in [6, 6.07) is -1.72. The van der Waals surface area contributed by atoms with Gasteiger partial charge in [-0.2, -0.15) is 0 Å². The number of hydrogen-bond donors (Lipinski definition) is 4. The fourth-order valence-electron chi connectivity index (χ4n) is 1.62. The van der Waals surface area contributed by atoms with E-state index in [-0.39, 0.29) is 25.4 Å². The van der Waals surface area contributed by atoms with Gasteiger partial charge in [0.15, 0.2) is 0 Å². The minimum Gasteiger partial charge on any atom is -0.480 e. The lowest BCUT2D eigenvalue weighted by molar-refractivity contribution is -0.141. The van der Waals surface area contributed by atoms with Crippen LogP contribution in [0, 0.1) is 0 Å². The molecule has 1 aliphatic heterocycles. The maximum Gasteiger partial charge on any atom is 0.326 e. The number of likely N-dealkylation sites (tertiary alicyclic amines) is 1. The van der Waals surface area contributed by atoms with Crippen LogP contribution in [0.1, 0.15) is 6.42 Å². The molecule has 1 saturated heterocycles. The van der Waals surface area contributed by atoms with Crippen LogP contribution in [0.3, 0.4) is 0 Å². The molecule has 0 aromatic rings. The van der Waals surface area contributed by atoms with Gasteiger partial charge in [-0.15, -0.1) is 0 Å². The zero-order chi connectivity index (χ0) is 13.0. The molecule has 8 heteroatoms. The Kier molecular flexibility index (Phi) is 4.27. The Morgan fingerprint density at radius 1 is 1.41 bits per heavy atom. The zero-order valence-electron chi connectivity index (χ0n) is 9.34. The lowest BCUT2D eigenvalue weighted by Crippen LogP contribution is -2.48. The van der Waals surface area contributed by atoms with Crippen molar-refractivity contribution in [2.75, 3.05) is 20.1 Å². The monoisotopic (exact) mass is 245 g/mol. The van der Waals surface area contributed by atoms with Gasteiger partial charge in [0.2, 0.25) is 5.91 Å². The summed E-state index contributed by atoms with van der Waals surface area (Å²) in [6.07, 6.45) is -0.843. The number of β-amino-alcohol motifs (C(OH)–C–C–N with tert-alkyl or cyclic N) is 1. The molecule has 96 valence electrons. The number of urea groups is 1. The normalized spacial score (nSPS) is 23.3. The Bertz CT molecular complexity index is 333. The highest BCUT2D eigenvalue weighted by molar-refractivity contribution is 5.87. The van der Waals surface area contributed by atoms with Gasteiger partial charge in [0.05, 0.1) is 12.6 Å². The molecule has 17 heavy (non-hydrogen) atoms. The number of aliphatic hydroxyl groups excluding tert-OH is 1. The molecular weight excluding hydrogens is 230 g/mol. The molecule has 0 aromatic heterocycles. The highest BCUT2D eigenvalue weighted by Crippen LogP contribution is 2.17. The van der Waals surface area contributed by atoms with Crippen LogP contribution in [0.2, 0.25) is 0 Å². The first-order chi connectivity index (χ1) is 7.95. The third kappa shape index (κ3) is 3.31. The minimum atomic E-state index is -1.17. The van der Waals surface area contributed by atoms with Gasteiger partial charge in [-0.1, -0.05) is 0 Å². The van der Waals surface area contributed by atoms with Gasteiger partial charge in [0.1, 0.15) is 6.04 Å². The number of nitrogens with one attached hydrogen (secondary N) is 2. The molecule has 1 fully saturated rings. The summed E-state index contributed by atoms with van der Waals surface area (Å²) in [4.78, 5) is 34.3. The van der Waals surface area contributed by atoms with Crippen LogP contribution in [0.4, 0.5) is 4.79 Å². The minimum absolute atomic E-state index is 0.00271. The number of aliphatic hydroxyl groups is 1. The Morgan fingerprint density at radius 3 is 2.59 bits per heavy atom. The summed E-state index contributed by atoms with van der Waals surface area (Å²) >= 11 is 0. The van der Waals surface area contributed by atoms with Gasteiger partial charge in [0, 0.05) is 20.0 Å². The van der Waals surface area contributed by atoms with Gasteiger partial charge in [-0.05, 0) is 0 Å². The molecule has 0 saturated carbocycles. The van der Waals surface area contributed by atoms with E-state index >= 15 is 0 Å². The highest BCUT2D eigenvalue weighted by atomic mass is 16.4. The van der Waals surface area contributed by atoms with E-state index in [9.17, 15) is 19.5 Å². The number of hydrogen-bond acceptors (Lipinski definition) is 4. The van der Waals surface area contributed by atoms with E-state index in [0.717, 1.165) is 4.90 Å². The summed E-state index contributed by atoms with van der Waals surface area (Å²) in [7, 11) is 1.42. The van der Waals surface area contributed by atoms with Gasteiger partial charge in [-0.25, -0.2) is 9.59 Å². The van der Waals surface area contributed by atoms with E-state index in [4.69, 9.17) is 5.11 Å². The molecule has 0 bridgehead atoms. The number of carbonyl (C=O) groups excluding carboxylic acids is 2. The summed E-state index contributed by atoms with van der Waals surface area (Å²) in [5.41, 5.74) is 0. The topological polar surface area (TPSA) is 119 Å². The molecule has 0 spiro atoms. The van der Waals surface area contributed by atoms with Gasteiger partial charge < -0.3 is 25.7 Å². The second-order valence-electron chi connectivity index (χ2n) is 3.73. The van der Waals surface area contributed by atoms with E-state index < -0.39 is 24.1 Å². The molecule has 0 radical (unpaired) electrons. The SMILES string of the molecule is CNC(=O)CNC(=O)N1CC(O)C[C@H]1C(=O)O. The molecule has 3 amide bonds. The number of likely N-dealkylation sites (N-methyl/N-ethyl adjacent to an activating group) is 1. The van der Waals surface area contributed by atoms with E-state index in [1.165, 1.54) is 7.05 Å². The van der Waals surface area contributed by atoms with Crippen molar-refractivity contribution in [2.45, 2.75) is 18.6 Å². The summed E-state index contributed by atoms with van der Waals surface area (Å²) in [5.74, 6) is -1.55. The number of carboxylic acid groups (broad SMARTS) is 1. The van der Waals surface area contributed by atoms with Crippen LogP contribution in [-0.4, -0.2) is 65.3 Å². The predicted octanol–water partition coefficient (Wildman–Crippen LogP) is -2.04. The first kappa shape index (κ1) is 13.2. The third-order valence-corrected chi connectivity index (χ3v) is 2.50. The Hall–Kier alpha value is -1.83. The first-order valence-electron chi connectivity index (χ1n) is 5.11. The van der Waals surface area contributed by atoms with Crippen LogP contribution in [0.25, 0.3) is 0 Å². The summed E-state index contributed by atoms with van der Waals surface area (Å²) in [5, 5.41) is 22.8. The largest absolute Gasteiger partial charge is 0.480 e. The lowest BCUT2D eigenvalue weighted by Gasteiger charge is -2.21. The number of amides is 3. The highest BCUT2D eigenvalue weighted by Gasteiger charge is 2.38. The molecule has 4 N–H and O–H groups in total. The average molecular weight is 245 g/mol. The average Bonchev–Trinajstić information content (AvgIpc) is 2.67. The van der Waals surface area contributed by atoms with Gasteiger partial charge >= 0.3 is 12.0 Å². The second-order valence-corrected chi connectivity index (χ2v) is 3.73. The van der Waals surface area contributed by atoms with Crippen molar-refractivity contribution in [2.24, 2.45) is 0 Å². The summed E-state index contributed by atoms with van der Waals surface area (Å²) < 4.78 is 0. The Labute approximate surface area is 97.6 Å². The molecule has 2 atom stereocenters. The predicted molar refractivity (Wildman–Crippen MR) is 56.2 cm³/mol. The maximum atomic E-state index is 11.6.